The number of hydrogen-bond donors (Lipinski definition) is 1. The van der Waals surface area contributed by atoms with Gasteiger partial charge in [0.25, 0.3) is 0 Å². The molecule has 1 N–H and O–H groups in total. The van der Waals surface area contributed by atoms with Crippen LogP contribution in [0.1, 0.15) is 6.42 Å². The predicted octanol–water partition coefficient (Wildman–Crippen LogP) is 0.385. The van der Waals surface area contributed by atoms with E-state index in [2.05, 4.69) is 4.74 Å². The molecule has 1 unspecified atom stereocenters. The number of likely N-dealkylation sites (tertiary alicyclic amines) is 1. The maximum absolute atomic E-state index is 10.0. The summed E-state index contributed by atoms with van der Waals surface area (Å²) in [6.45, 7) is 1.66. The zero-order valence-corrected chi connectivity index (χ0v) is 5.91. The first-order valence-electron chi connectivity index (χ1n) is 3.26. The molecule has 0 aromatic heterocycles. The molecule has 0 saturated carbocycles. The fourth-order valence-electron chi connectivity index (χ4n) is 1.13. The van der Waals surface area contributed by atoms with E-state index in [0.717, 1.165) is 19.5 Å². The molecule has 4 heteroatoms. The van der Waals surface area contributed by atoms with Crippen LogP contribution in [0.5, 0.6) is 0 Å². The van der Waals surface area contributed by atoms with Crippen LogP contribution in [0.2, 0.25) is 0 Å². The molecule has 58 valence electrons. The summed E-state index contributed by atoms with van der Waals surface area (Å²) < 4.78 is 4.56. The van der Waals surface area contributed by atoms with Gasteiger partial charge in [0.2, 0.25) is 0 Å². The quantitative estimate of drug-likeness (QED) is 0.542. The Labute approximate surface area is 59.4 Å². The highest BCUT2D eigenvalue weighted by atomic mass is 16.7. The summed E-state index contributed by atoms with van der Waals surface area (Å²) in [4.78, 5) is 12.1. The first-order valence-corrected chi connectivity index (χ1v) is 3.26. The van der Waals surface area contributed by atoms with Crippen LogP contribution in [-0.2, 0) is 4.74 Å². The van der Waals surface area contributed by atoms with Crippen molar-refractivity contribution < 1.29 is 14.6 Å². The van der Waals surface area contributed by atoms with Gasteiger partial charge in [0, 0.05) is 13.1 Å². The first-order chi connectivity index (χ1) is 4.68. The van der Waals surface area contributed by atoms with Crippen molar-refractivity contribution in [2.24, 2.45) is 0 Å². The lowest BCUT2D eigenvalue weighted by Crippen LogP contribution is -2.21. The van der Waals surface area contributed by atoms with Gasteiger partial charge in [-0.15, -0.1) is 0 Å². The lowest BCUT2D eigenvalue weighted by Gasteiger charge is -2.08. The van der Waals surface area contributed by atoms with Gasteiger partial charge in [0.15, 0.2) is 0 Å². The number of likely N-dealkylation sites (N-methyl/N-ethyl adjacent to an activating group) is 1. The summed E-state index contributed by atoms with van der Waals surface area (Å²) in [6.07, 6.45) is -0.453. The molecule has 4 nitrogen and oxygen atoms in total. The van der Waals surface area contributed by atoms with Crippen molar-refractivity contribution in [1.29, 1.82) is 0 Å². The van der Waals surface area contributed by atoms with Crippen molar-refractivity contribution in [2.45, 2.75) is 12.5 Å². The van der Waals surface area contributed by atoms with Crippen molar-refractivity contribution in [3.63, 3.8) is 0 Å². The smallest absolute Gasteiger partial charge is 0.450 e. The predicted molar refractivity (Wildman–Crippen MR) is 35.0 cm³/mol. The van der Waals surface area contributed by atoms with Gasteiger partial charge in [0.05, 0.1) is 0 Å². The van der Waals surface area contributed by atoms with E-state index in [1.165, 1.54) is 0 Å². The van der Waals surface area contributed by atoms with E-state index in [9.17, 15) is 4.79 Å². The summed E-state index contributed by atoms with van der Waals surface area (Å²) in [5, 5.41) is 8.22. The Balaban J connectivity index is 2.24. The third-order valence-corrected chi connectivity index (χ3v) is 1.62. The summed E-state index contributed by atoms with van der Waals surface area (Å²) in [5.74, 6) is 0. The Bertz CT molecular complexity index is 137. The molecule has 1 fully saturated rings. The molecular weight excluding hydrogens is 134 g/mol. The molecule has 1 heterocycles. The molecule has 1 atom stereocenters. The molecule has 0 bridgehead atoms. The molecule has 1 rings (SSSR count). The minimum absolute atomic E-state index is 0.109. The first kappa shape index (κ1) is 7.34. The van der Waals surface area contributed by atoms with Crippen LogP contribution >= 0.6 is 0 Å². The van der Waals surface area contributed by atoms with Crippen molar-refractivity contribution >= 4 is 6.16 Å². The topological polar surface area (TPSA) is 49.8 Å². The highest BCUT2D eigenvalue weighted by molar-refractivity contribution is 5.57. The van der Waals surface area contributed by atoms with Gasteiger partial charge < -0.3 is 14.7 Å². The number of carbonyl (C=O) groups is 1. The minimum atomic E-state index is -1.17. The van der Waals surface area contributed by atoms with Crippen LogP contribution in [0.4, 0.5) is 4.79 Å². The Morgan fingerprint density at radius 1 is 1.80 bits per heavy atom. The average Bonchev–Trinajstić information content (AvgIpc) is 2.13. The third-order valence-electron chi connectivity index (χ3n) is 1.62. The molecular formula is C6H11NO3. The van der Waals surface area contributed by atoms with Gasteiger partial charge in [-0.2, -0.15) is 0 Å². The fraction of sp³-hybridized carbons (Fsp3) is 0.833. The molecule has 10 heavy (non-hydrogen) atoms. The highest BCUT2D eigenvalue weighted by Crippen LogP contribution is 2.09. The molecule has 1 saturated heterocycles. The van der Waals surface area contributed by atoms with E-state index >= 15 is 0 Å². The number of hydrogen-bond acceptors (Lipinski definition) is 3. The second-order valence-corrected chi connectivity index (χ2v) is 2.56. The molecule has 0 aromatic carbocycles. The van der Waals surface area contributed by atoms with Crippen LogP contribution in [0.15, 0.2) is 0 Å². The summed E-state index contributed by atoms with van der Waals surface area (Å²) in [6, 6.07) is 0. The maximum atomic E-state index is 10.0. The summed E-state index contributed by atoms with van der Waals surface area (Å²) in [5.41, 5.74) is 0. The Hall–Kier alpha value is -0.770. The largest absolute Gasteiger partial charge is 0.506 e. The van der Waals surface area contributed by atoms with E-state index in [4.69, 9.17) is 5.11 Å². The average molecular weight is 145 g/mol. The van der Waals surface area contributed by atoms with Crippen LogP contribution in [0.3, 0.4) is 0 Å². The van der Waals surface area contributed by atoms with Gasteiger partial charge in [0.1, 0.15) is 6.10 Å². The van der Waals surface area contributed by atoms with Crippen molar-refractivity contribution in [3.05, 3.63) is 0 Å². The van der Waals surface area contributed by atoms with E-state index < -0.39 is 6.16 Å². The molecule has 0 aromatic rings. The molecule has 0 spiro atoms. The fourth-order valence-corrected chi connectivity index (χ4v) is 1.13. The monoisotopic (exact) mass is 145 g/mol. The number of nitrogens with zero attached hydrogens (tertiary/aromatic N) is 1. The summed E-state index contributed by atoms with van der Waals surface area (Å²) >= 11 is 0. The SMILES string of the molecule is CN1CCC(OC(=O)O)C1. The normalized spacial score (nSPS) is 26.7. The Morgan fingerprint density at radius 3 is 2.90 bits per heavy atom. The van der Waals surface area contributed by atoms with E-state index in [1.807, 2.05) is 11.9 Å². The van der Waals surface area contributed by atoms with Gasteiger partial charge in [-0.3, -0.25) is 0 Å². The zero-order valence-electron chi connectivity index (χ0n) is 5.91. The molecule has 0 radical (unpaired) electrons. The van der Waals surface area contributed by atoms with Gasteiger partial charge in [-0.05, 0) is 13.5 Å². The zero-order chi connectivity index (χ0) is 7.56. The van der Waals surface area contributed by atoms with Crippen molar-refractivity contribution in [1.82, 2.24) is 4.90 Å². The standard InChI is InChI=1S/C6H11NO3/c1-7-3-2-5(4-7)10-6(8)9/h5H,2-4H2,1H3,(H,8,9). The van der Waals surface area contributed by atoms with E-state index in [1.54, 1.807) is 0 Å². The lowest BCUT2D eigenvalue weighted by molar-refractivity contribution is 0.0562. The van der Waals surface area contributed by atoms with Gasteiger partial charge >= 0.3 is 6.16 Å². The van der Waals surface area contributed by atoms with E-state index in [0.29, 0.717) is 0 Å². The molecule has 1 aliphatic heterocycles. The maximum Gasteiger partial charge on any atom is 0.506 e. The lowest BCUT2D eigenvalue weighted by atomic mass is 10.3. The van der Waals surface area contributed by atoms with Crippen LogP contribution in [0, 0.1) is 0 Å². The second kappa shape index (κ2) is 2.88. The van der Waals surface area contributed by atoms with Crippen molar-refractivity contribution in [3.8, 4) is 0 Å². The number of carboxylic acid groups (broad SMARTS) is 1. The van der Waals surface area contributed by atoms with Crippen LogP contribution in [0.25, 0.3) is 0 Å². The van der Waals surface area contributed by atoms with Crippen molar-refractivity contribution in [2.75, 3.05) is 20.1 Å². The van der Waals surface area contributed by atoms with Crippen LogP contribution < -0.4 is 0 Å². The minimum Gasteiger partial charge on any atom is -0.450 e. The van der Waals surface area contributed by atoms with Crippen LogP contribution in [-0.4, -0.2) is 42.4 Å². The number of rotatable bonds is 1. The van der Waals surface area contributed by atoms with Gasteiger partial charge in [-0.25, -0.2) is 4.79 Å². The molecule has 1 aliphatic rings. The second-order valence-electron chi connectivity index (χ2n) is 2.56. The molecule has 0 amide bonds. The number of ether oxygens (including phenoxy) is 1. The summed E-state index contributed by atoms with van der Waals surface area (Å²) in [7, 11) is 1.95. The molecule has 0 aliphatic carbocycles. The highest BCUT2D eigenvalue weighted by Gasteiger charge is 2.22. The Kier molecular flexibility index (Phi) is 2.11. The Morgan fingerprint density at radius 2 is 2.50 bits per heavy atom. The third kappa shape index (κ3) is 1.88. The van der Waals surface area contributed by atoms with Gasteiger partial charge in [-0.1, -0.05) is 0 Å². The van der Waals surface area contributed by atoms with E-state index in [-0.39, 0.29) is 6.10 Å².